The Hall–Kier alpha value is -2.25. The molecule has 2 fully saturated rings. The van der Waals surface area contributed by atoms with E-state index in [4.69, 9.17) is 0 Å². The fraction of sp³-hybridized carbons (Fsp3) is 0.526. The summed E-state index contributed by atoms with van der Waals surface area (Å²) in [6, 6.07) is 8.02. The first-order valence-corrected chi connectivity index (χ1v) is 9.33. The highest BCUT2D eigenvalue weighted by molar-refractivity contribution is 5.89. The predicted octanol–water partition coefficient (Wildman–Crippen LogP) is 0.735. The van der Waals surface area contributed by atoms with Gasteiger partial charge in [0, 0.05) is 38.1 Å². The summed E-state index contributed by atoms with van der Waals surface area (Å²) in [5.41, 5.74) is 0.944. The van der Waals surface area contributed by atoms with Crippen LogP contribution in [0.25, 0.3) is 10.9 Å². The smallest absolute Gasteiger partial charge is 0.236 e. The number of hydrogen-bond donors (Lipinski definition) is 1. The summed E-state index contributed by atoms with van der Waals surface area (Å²) in [4.78, 5) is 27.6. The Morgan fingerprint density at radius 1 is 1.12 bits per heavy atom. The number of aliphatic hydroxyl groups is 1. The van der Waals surface area contributed by atoms with Crippen LogP contribution in [0, 0.1) is 0 Å². The Morgan fingerprint density at radius 3 is 2.73 bits per heavy atom. The lowest BCUT2D eigenvalue weighted by Crippen LogP contribution is -2.52. The van der Waals surface area contributed by atoms with Crippen LogP contribution in [-0.2, 0) is 4.79 Å². The monoisotopic (exact) mass is 355 g/mol. The zero-order valence-corrected chi connectivity index (χ0v) is 14.9. The van der Waals surface area contributed by atoms with Gasteiger partial charge in [0.1, 0.15) is 12.1 Å². The lowest BCUT2D eigenvalue weighted by atomic mass is 10.1. The van der Waals surface area contributed by atoms with Gasteiger partial charge in [0.25, 0.3) is 0 Å². The van der Waals surface area contributed by atoms with Crippen molar-refractivity contribution in [1.82, 2.24) is 19.8 Å². The van der Waals surface area contributed by atoms with Crippen molar-refractivity contribution < 1.29 is 9.90 Å². The fourth-order valence-electron chi connectivity index (χ4n) is 3.88. The van der Waals surface area contributed by atoms with Crippen LogP contribution in [0.3, 0.4) is 0 Å². The van der Waals surface area contributed by atoms with E-state index in [0.717, 1.165) is 49.2 Å². The van der Waals surface area contributed by atoms with Crippen LogP contribution in [0.4, 0.5) is 5.82 Å². The molecule has 2 aliphatic heterocycles. The third-order valence-corrected chi connectivity index (χ3v) is 5.29. The molecular formula is C19H25N5O2. The Kier molecular flexibility index (Phi) is 4.99. The van der Waals surface area contributed by atoms with Crippen molar-refractivity contribution in [3.63, 3.8) is 0 Å². The standard InChI is InChI=1S/C19H25N5O2/c25-15-4-3-7-22(12-15)13-18(26)23-8-10-24(11-9-23)19-16-5-1-2-6-17(16)20-14-21-19/h1-2,5-6,14-15,25H,3-4,7-13H2. The first-order chi connectivity index (χ1) is 12.7. The maximum Gasteiger partial charge on any atom is 0.236 e. The number of aromatic nitrogens is 2. The first-order valence-electron chi connectivity index (χ1n) is 9.33. The minimum absolute atomic E-state index is 0.159. The van der Waals surface area contributed by atoms with Gasteiger partial charge in [0.2, 0.25) is 5.91 Å². The number of β-amino-alcohol motifs (C(OH)–C–C–N with tert-alkyl or cyclic N) is 1. The number of para-hydroxylation sites is 1. The molecule has 2 aromatic rings. The minimum Gasteiger partial charge on any atom is -0.392 e. The predicted molar refractivity (Wildman–Crippen MR) is 100 cm³/mol. The second-order valence-corrected chi connectivity index (χ2v) is 7.11. The summed E-state index contributed by atoms with van der Waals surface area (Å²) in [6.45, 7) is 4.87. The van der Waals surface area contributed by atoms with E-state index in [1.54, 1.807) is 6.33 Å². The zero-order chi connectivity index (χ0) is 17.9. The van der Waals surface area contributed by atoms with Gasteiger partial charge in [-0.1, -0.05) is 12.1 Å². The number of hydrogen-bond acceptors (Lipinski definition) is 6. The van der Waals surface area contributed by atoms with E-state index in [2.05, 4.69) is 19.8 Å². The van der Waals surface area contributed by atoms with Crippen molar-refractivity contribution in [2.24, 2.45) is 0 Å². The number of piperidine rings is 1. The number of piperazine rings is 1. The van der Waals surface area contributed by atoms with Crippen LogP contribution in [0.5, 0.6) is 0 Å². The van der Waals surface area contributed by atoms with Gasteiger partial charge in [-0.25, -0.2) is 9.97 Å². The fourth-order valence-corrected chi connectivity index (χ4v) is 3.88. The van der Waals surface area contributed by atoms with Gasteiger partial charge in [0.05, 0.1) is 18.2 Å². The highest BCUT2D eigenvalue weighted by Crippen LogP contribution is 2.23. The molecule has 26 heavy (non-hydrogen) atoms. The molecule has 138 valence electrons. The third-order valence-electron chi connectivity index (χ3n) is 5.29. The van der Waals surface area contributed by atoms with Crippen molar-refractivity contribution in [2.45, 2.75) is 18.9 Å². The van der Waals surface area contributed by atoms with Crippen molar-refractivity contribution >= 4 is 22.6 Å². The third kappa shape index (κ3) is 3.64. The van der Waals surface area contributed by atoms with E-state index >= 15 is 0 Å². The SMILES string of the molecule is O=C(CN1CCCC(O)C1)N1CCN(c2ncnc3ccccc23)CC1. The van der Waals surface area contributed by atoms with Gasteiger partial charge >= 0.3 is 0 Å². The van der Waals surface area contributed by atoms with Crippen LogP contribution in [0.1, 0.15) is 12.8 Å². The number of carbonyl (C=O) groups excluding carboxylic acids is 1. The summed E-state index contributed by atoms with van der Waals surface area (Å²) in [7, 11) is 0. The van der Waals surface area contributed by atoms with E-state index in [9.17, 15) is 9.90 Å². The topological polar surface area (TPSA) is 72.8 Å². The Balaban J connectivity index is 1.37. The van der Waals surface area contributed by atoms with Crippen molar-refractivity contribution in [1.29, 1.82) is 0 Å². The number of anilines is 1. The number of rotatable bonds is 3. The molecule has 4 rings (SSSR count). The van der Waals surface area contributed by atoms with Crippen LogP contribution < -0.4 is 4.90 Å². The molecule has 0 radical (unpaired) electrons. The van der Waals surface area contributed by atoms with Crippen LogP contribution in [0.15, 0.2) is 30.6 Å². The van der Waals surface area contributed by atoms with Crippen molar-refractivity contribution in [3.8, 4) is 0 Å². The molecule has 2 aliphatic rings. The largest absolute Gasteiger partial charge is 0.392 e. The quantitative estimate of drug-likeness (QED) is 0.875. The van der Waals surface area contributed by atoms with Gasteiger partial charge in [-0.05, 0) is 31.5 Å². The molecular weight excluding hydrogens is 330 g/mol. The summed E-state index contributed by atoms with van der Waals surface area (Å²) < 4.78 is 0. The van der Waals surface area contributed by atoms with E-state index < -0.39 is 0 Å². The number of fused-ring (bicyclic) bond motifs is 1. The molecule has 2 saturated heterocycles. The Bertz CT molecular complexity index is 770. The molecule has 1 aromatic heterocycles. The molecule has 0 saturated carbocycles. The molecule has 1 N–H and O–H groups in total. The van der Waals surface area contributed by atoms with Gasteiger partial charge in [-0.15, -0.1) is 0 Å². The number of likely N-dealkylation sites (tertiary alicyclic amines) is 1. The molecule has 0 bridgehead atoms. The molecule has 1 aromatic carbocycles. The van der Waals surface area contributed by atoms with E-state index in [1.807, 2.05) is 29.2 Å². The number of amides is 1. The van der Waals surface area contributed by atoms with Gasteiger partial charge in [0.15, 0.2) is 0 Å². The molecule has 0 spiro atoms. The number of benzene rings is 1. The van der Waals surface area contributed by atoms with Crippen LogP contribution in [-0.4, -0.2) is 82.7 Å². The maximum absolute atomic E-state index is 12.6. The highest BCUT2D eigenvalue weighted by atomic mass is 16.3. The zero-order valence-electron chi connectivity index (χ0n) is 14.9. The molecule has 7 nitrogen and oxygen atoms in total. The van der Waals surface area contributed by atoms with E-state index in [-0.39, 0.29) is 12.0 Å². The molecule has 3 heterocycles. The second kappa shape index (κ2) is 7.55. The molecule has 1 unspecified atom stereocenters. The molecule has 0 aliphatic carbocycles. The molecule has 1 amide bonds. The Morgan fingerprint density at radius 2 is 1.92 bits per heavy atom. The lowest BCUT2D eigenvalue weighted by molar-refractivity contribution is -0.133. The number of aliphatic hydroxyl groups excluding tert-OH is 1. The second-order valence-electron chi connectivity index (χ2n) is 7.11. The van der Waals surface area contributed by atoms with Crippen LogP contribution >= 0.6 is 0 Å². The van der Waals surface area contributed by atoms with E-state index in [1.165, 1.54) is 0 Å². The summed E-state index contributed by atoms with van der Waals surface area (Å²) >= 11 is 0. The van der Waals surface area contributed by atoms with Crippen molar-refractivity contribution in [2.75, 3.05) is 50.7 Å². The lowest BCUT2D eigenvalue weighted by Gasteiger charge is -2.37. The van der Waals surface area contributed by atoms with Crippen LogP contribution in [0.2, 0.25) is 0 Å². The van der Waals surface area contributed by atoms with E-state index in [0.29, 0.717) is 26.2 Å². The molecule has 1 atom stereocenters. The minimum atomic E-state index is -0.292. The summed E-state index contributed by atoms with van der Waals surface area (Å²) in [6.07, 6.45) is 3.12. The number of nitrogens with zero attached hydrogens (tertiary/aromatic N) is 5. The normalized spacial score (nSPS) is 22.0. The van der Waals surface area contributed by atoms with Gasteiger partial charge < -0.3 is 14.9 Å². The van der Waals surface area contributed by atoms with Gasteiger partial charge in [-0.3, -0.25) is 9.69 Å². The first kappa shape index (κ1) is 17.2. The average Bonchev–Trinajstić information content (AvgIpc) is 2.68. The average molecular weight is 355 g/mol. The molecule has 7 heteroatoms. The van der Waals surface area contributed by atoms with Gasteiger partial charge in [-0.2, -0.15) is 0 Å². The maximum atomic E-state index is 12.6. The number of carbonyl (C=O) groups is 1. The Labute approximate surface area is 153 Å². The summed E-state index contributed by atoms with van der Waals surface area (Å²) in [5, 5.41) is 10.8. The summed E-state index contributed by atoms with van der Waals surface area (Å²) in [5.74, 6) is 1.10. The highest BCUT2D eigenvalue weighted by Gasteiger charge is 2.26. The van der Waals surface area contributed by atoms with Crippen molar-refractivity contribution in [3.05, 3.63) is 30.6 Å².